The number of halogens is 1. The van der Waals surface area contributed by atoms with Crippen molar-refractivity contribution in [3.05, 3.63) is 35.1 Å². The Bertz CT molecular complexity index is 452. The van der Waals surface area contributed by atoms with Gasteiger partial charge in [0.1, 0.15) is 5.82 Å². The molecule has 1 rings (SSSR count). The van der Waals surface area contributed by atoms with Crippen LogP contribution in [0.1, 0.15) is 25.0 Å². The third-order valence-corrected chi connectivity index (χ3v) is 3.05. The van der Waals surface area contributed by atoms with Crippen LogP contribution in [0.3, 0.4) is 0 Å². The van der Waals surface area contributed by atoms with Crippen molar-refractivity contribution in [2.24, 2.45) is 10.9 Å². The van der Waals surface area contributed by atoms with Gasteiger partial charge in [0, 0.05) is 30.8 Å². The minimum atomic E-state index is -0.357. The highest BCUT2D eigenvalue weighted by molar-refractivity contribution is 5.97. The molecule has 20 heavy (non-hydrogen) atoms. The lowest BCUT2D eigenvalue weighted by atomic mass is 10.1. The van der Waals surface area contributed by atoms with E-state index in [2.05, 4.69) is 10.1 Å². The minimum absolute atomic E-state index is 0.0980. The highest BCUT2D eigenvalue weighted by Gasteiger charge is 2.10. The predicted molar refractivity (Wildman–Crippen MR) is 76.4 cm³/mol. The topological polar surface area (TPSA) is 71.1 Å². The number of likely N-dealkylation sites (N-methyl/N-ethyl adjacent to an activating group) is 1. The zero-order valence-corrected chi connectivity index (χ0v) is 12.0. The molecule has 0 amide bonds. The Hall–Kier alpha value is -1.66. The van der Waals surface area contributed by atoms with Crippen LogP contribution in [0.4, 0.5) is 4.39 Å². The van der Waals surface area contributed by atoms with Crippen molar-refractivity contribution in [1.82, 2.24) is 4.90 Å². The van der Waals surface area contributed by atoms with E-state index in [1.54, 1.807) is 12.1 Å². The van der Waals surface area contributed by atoms with Crippen molar-refractivity contribution >= 4 is 5.84 Å². The summed E-state index contributed by atoms with van der Waals surface area (Å²) in [6.07, 6.45) is 0. The molecular weight excluding hydrogens is 261 g/mol. The smallest absolute Gasteiger partial charge is 0.170 e. The van der Waals surface area contributed by atoms with Gasteiger partial charge in [0.25, 0.3) is 0 Å². The maximum Gasteiger partial charge on any atom is 0.170 e. The molecule has 0 aliphatic carbocycles. The van der Waals surface area contributed by atoms with Crippen LogP contribution >= 0.6 is 0 Å². The first-order valence-electron chi connectivity index (χ1n) is 6.68. The second kappa shape index (κ2) is 8.50. The van der Waals surface area contributed by atoms with Crippen LogP contribution < -0.4 is 5.73 Å². The summed E-state index contributed by atoms with van der Waals surface area (Å²) in [4.78, 5) is 2.09. The molecule has 0 aromatic heterocycles. The van der Waals surface area contributed by atoms with E-state index in [0.717, 1.165) is 13.1 Å². The normalized spacial score (nSPS) is 12.1. The molecule has 0 saturated carbocycles. The van der Waals surface area contributed by atoms with E-state index in [9.17, 15) is 4.39 Å². The molecule has 0 aliphatic heterocycles. The molecule has 0 saturated heterocycles. The van der Waals surface area contributed by atoms with Gasteiger partial charge in [0.2, 0.25) is 0 Å². The molecule has 0 atom stereocenters. The number of nitrogens with two attached hydrogens (primary N) is 1. The summed E-state index contributed by atoms with van der Waals surface area (Å²) in [6, 6.07) is 4.58. The molecule has 1 aromatic carbocycles. The van der Waals surface area contributed by atoms with Gasteiger partial charge in [0.05, 0.1) is 6.61 Å². The molecule has 0 heterocycles. The zero-order chi connectivity index (χ0) is 15.0. The molecule has 0 fully saturated rings. The van der Waals surface area contributed by atoms with Gasteiger partial charge in [-0.2, -0.15) is 0 Å². The Balaban J connectivity index is 2.71. The average molecular weight is 283 g/mol. The Morgan fingerprint density at radius 2 is 2.20 bits per heavy atom. The summed E-state index contributed by atoms with van der Waals surface area (Å²) in [6.45, 7) is 7.36. The molecule has 112 valence electrons. The quantitative estimate of drug-likeness (QED) is 0.251. The van der Waals surface area contributed by atoms with Crippen molar-refractivity contribution in [3.8, 4) is 0 Å². The first-order valence-corrected chi connectivity index (χ1v) is 6.68. The standard InChI is InChI=1S/C14H22FN3O2/c1-3-18(7-8-20-4-2)10-12-6-5-11(9-13(12)15)14(16)17-19/h5-6,9,19H,3-4,7-8,10H2,1-2H3,(H2,16,17). The van der Waals surface area contributed by atoms with Gasteiger partial charge in [-0.25, -0.2) is 4.39 Å². The van der Waals surface area contributed by atoms with Crippen molar-refractivity contribution < 1.29 is 14.3 Å². The monoisotopic (exact) mass is 283 g/mol. The molecule has 0 unspecified atom stereocenters. The van der Waals surface area contributed by atoms with E-state index in [1.165, 1.54) is 6.07 Å². The van der Waals surface area contributed by atoms with Crippen LogP contribution in [0, 0.1) is 5.82 Å². The average Bonchev–Trinajstić information content (AvgIpc) is 2.47. The van der Waals surface area contributed by atoms with Crippen LogP contribution in [0.25, 0.3) is 0 Å². The number of oxime groups is 1. The van der Waals surface area contributed by atoms with Crippen molar-refractivity contribution in [1.29, 1.82) is 0 Å². The molecule has 1 aromatic rings. The summed E-state index contributed by atoms with van der Waals surface area (Å²) in [7, 11) is 0. The van der Waals surface area contributed by atoms with Crippen molar-refractivity contribution in [2.75, 3.05) is 26.3 Å². The van der Waals surface area contributed by atoms with E-state index in [-0.39, 0.29) is 11.7 Å². The van der Waals surface area contributed by atoms with Crippen LogP contribution in [-0.2, 0) is 11.3 Å². The van der Waals surface area contributed by atoms with Gasteiger partial charge in [-0.3, -0.25) is 4.90 Å². The number of nitrogens with zero attached hydrogens (tertiary/aromatic N) is 2. The van der Waals surface area contributed by atoms with Gasteiger partial charge < -0.3 is 15.7 Å². The van der Waals surface area contributed by atoms with Gasteiger partial charge in [-0.1, -0.05) is 24.2 Å². The maximum absolute atomic E-state index is 14.0. The number of rotatable bonds is 8. The van der Waals surface area contributed by atoms with Gasteiger partial charge >= 0.3 is 0 Å². The molecule has 3 N–H and O–H groups in total. The lowest BCUT2D eigenvalue weighted by Gasteiger charge is -2.20. The molecule has 0 radical (unpaired) electrons. The third kappa shape index (κ3) is 4.79. The molecule has 0 bridgehead atoms. The fraction of sp³-hybridized carbons (Fsp3) is 0.500. The summed E-state index contributed by atoms with van der Waals surface area (Å²) in [5.41, 5.74) is 6.38. The molecule has 0 aliphatic rings. The summed E-state index contributed by atoms with van der Waals surface area (Å²) in [5.74, 6) is -0.455. The summed E-state index contributed by atoms with van der Waals surface area (Å²) >= 11 is 0. The first-order chi connectivity index (χ1) is 9.62. The highest BCUT2D eigenvalue weighted by atomic mass is 19.1. The summed E-state index contributed by atoms with van der Waals surface area (Å²) < 4.78 is 19.3. The van der Waals surface area contributed by atoms with E-state index in [1.807, 2.05) is 13.8 Å². The van der Waals surface area contributed by atoms with Crippen LogP contribution in [0.5, 0.6) is 0 Å². The van der Waals surface area contributed by atoms with Gasteiger partial charge in [0.15, 0.2) is 5.84 Å². The fourth-order valence-corrected chi connectivity index (χ4v) is 1.82. The predicted octanol–water partition coefficient (Wildman–Crippen LogP) is 1.78. The van der Waals surface area contributed by atoms with Crippen LogP contribution in [0.2, 0.25) is 0 Å². The van der Waals surface area contributed by atoms with E-state index >= 15 is 0 Å². The fourth-order valence-electron chi connectivity index (χ4n) is 1.82. The van der Waals surface area contributed by atoms with Gasteiger partial charge in [-0.05, 0) is 19.5 Å². The van der Waals surface area contributed by atoms with Crippen LogP contribution in [0.15, 0.2) is 23.4 Å². The Morgan fingerprint density at radius 1 is 1.45 bits per heavy atom. The van der Waals surface area contributed by atoms with Gasteiger partial charge in [-0.15, -0.1) is 0 Å². The maximum atomic E-state index is 14.0. The lowest BCUT2D eigenvalue weighted by Crippen LogP contribution is -2.27. The lowest BCUT2D eigenvalue weighted by molar-refractivity contribution is 0.112. The zero-order valence-electron chi connectivity index (χ0n) is 12.0. The van der Waals surface area contributed by atoms with Crippen LogP contribution in [-0.4, -0.2) is 42.2 Å². The molecule has 6 heteroatoms. The number of benzene rings is 1. The number of hydrogen-bond acceptors (Lipinski definition) is 4. The largest absolute Gasteiger partial charge is 0.409 e. The second-order valence-corrected chi connectivity index (χ2v) is 4.36. The second-order valence-electron chi connectivity index (χ2n) is 4.36. The number of amidine groups is 1. The Morgan fingerprint density at radius 3 is 2.75 bits per heavy atom. The molecule has 5 nitrogen and oxygen atoms in total. The molecular formula is C14H22FN3O2. The SMILES string of the molecule is CCOCCN(CC)Cc1ccc(C(N)=NO)cc1F. The van der Waals surface area contributed by atoms with E-state index < -0.39 is 0 Å². The third-order valence-electron chi connectivity index (χ3n) is 3.05. The molecule has 0 spiro atoms. The highest BCUT2D eigenvalue weighted by Crippen LogP contribution is 2.13. The van der Waals surface area contributed by atoms with Crippen molar-refractivity contribution in [2.45, 2.75) is 20.4 Å². The minimum Gasteiger partial charge on any atom is -0.409 e. The first kappa shape index (κ1) is 16.4. The Labute approximate surface area is 118 Å². The Kier molecular flexibility index (Phi) is 6.97. The van der Waals surface area contributed by atoms with E-state index in [4.69, 9.17) is 15.7 Å². The van der Waals surface area contributed by atoms with E-state index in [0.29, 0.717) is 30.9 Å². The number of hydrogen-bond donors (Lipinski definition) is 2. The van der Waals surface area contributed by atoms with Crippen molar-refractivity contribution in [3.63, 3.8) is 0 Å². The summed E-state index contributed by atoms with van der Waals surface area (Å²) in [5, 5.41) is 11.4. The number of ether oxygens (including phenoxy) is 1.